The lowest BCUT2D eigenvalue weighted by atomic mass is 9.87. The first kappa shape index (κ1) is 16.4. The van der Waals surface area contributed by atoms with Crippen LogP contribution in [0.3, 0.4) is 0 Å². The van der Waals surface area contributed by atoms with E-state index in [4.69, 9.17) is 4.74 Å². The number of carbonyl (C=O) groups is 1. The molecule has 1 rings (SSSR count). The van der Waals surface area contributed by atoms with Gasteiger partial charge in [-0.1, -0.05) is 6.92 Å². The largest absolute Gasteiger partial charge is 0.389 e. The molecule has 0 aromatic carbocycles. The Labute approximate surface area is 116 Å². The van der Waals surface area contributed by atoms with Crippen molar-refractivity contribution in [3.05, 3.63) is 0 Å². The minimum atomic E-state index is -0.543. The van der Waals surface area contributed by atoms with Gasteiger partial charge in [-0.3, -0.25) is 9.69 Å². The van der Waals surface area contributed by atoms with Gasteiger partial charge in [0.25, 0.3) is 0 Å². The van der Waals surface area contributed by atoms with Crippen molar-refractivity contribution in [2.24, 2.45) is 5.92 Å². The number of carbonyl (C=O) groups excluding carboxylic acids is 1. The molecule has 1 saturated carbocycles. The third-order valence-corrected chi connectivity index (χ3v) is 3.68. The summed E-state index contributed by atoms with van der Waals surface area (Å²) in [6.45, 7) is 3.34. The van der Waals surface area contributed by atoms with Crippen molar-refractivity contribution in [2.75, 3.05) is 33.9 Å². The van der Waals surface area contributed by atoms with Crippen LogP contribution in [0.5, 0.6) is 0 Å². The molecular weight excluding hydrogens is 244 g/mol. The number of likely N-dealkylation sites (N-methyl/N-ethyl adjacent to an activating group) is 1. The number of amides is 1. The van der Waals surface area contributed by atoms with Crippen LogP contribution in [0, 0.1) is 5.92 Å². The highest BCUT2D eigenvalue weighted by molar-refractivity contribution is 5.78. The fourth-order valence-corrected chi connectivity index (χ4v) is 2.59. The molecule has 0 aromatic heterocycles. The zero-order valence-electron chi connectivity index (χ0n) is 12.4. The molecule has 0 saturated heterocycles. The highest BCUT2D eigenvalue weighted by atomic mass is 16.5. The molecule has 1 aliphatic rings. The van der Waals surface area contributed by atoms with Crippen molar-refractivity contribution >= 4 is 5.91 Å². The van der Waals surface area contributed by atoms with E-state index in [0.29, 0.717) is 25.7 Å². The highest BCUT2D eigenvalue weighted by Gasteiger charge is 2.20. The Morgan fingerprint density at radius 3 is 2.63 bits per heavy atom. The second-order valence-corrected chi connectivity index (χ2v) is 5.83. The first-order valence-electron chi connectivity index (χ1n) is 7.16. The van der Waals surface area contributed by atoms with Crippen molar-refractivity contribution in [2.45, 2.75) is 44.8 Å². The molecular formula is C14H28N2O3. The number of hydrogen-bond acceptors (Lipinski definition) is 4. The van der Waals surface area contributed by atoms with Crippen LogP contribution >= 0.6 is 0 Å². The zero-order chi connectivity index (χ0) is 14.3. The minimum absolute atomic E-state index is 0.0478. The Kier molecular flexibility index (Phi) is 7.34. The van der Waals surface area contributed by atoms with Crippen LogP contribution in [0.2, 0.25) is 0 Å². The van der Waals surface area contributed by atoms with Crippen LogP contribution in [0.1, 0.15) is 32.6 Å². The van der Waals surface area contributed by atoms with E-state index in [1.165, 1.54) is 12.8 Å². The first-order valence-corrected chi connectivity index (χ1v) is 7.16. The second-order valence-electron chi connectivity index (χ2n) is 5.83. The predicted octanol–water partition coefficient (Wildman–Crippen LogP) is 0.620. The number of nitrogens with zero attached hydrogens (tertiary/aromatic N) is 1. The first-order chi connectivity index (χ1) is 9.01. The molecule has 1 amide bonds. The average Bonchev–Trinajstić information content (AvgIpc) is 2.32. The third kappa shape index (κ3) is 6.89. The van der Waals surface area contributed by atoms with Crippen LogP contribution in [0.4, 0.5) is 0 Å². The quantitative estimate of drug-likeness (QED) is 0.713. The molecule has 19 heavy (non-hydrogen) atoms. The summed E-state index contributed by atoms with van der Waals surface area (Å²) in [6, 6.07) is 0.334. The minimum Gasteiger partial charge on any atom is -0.389 e. The molecule has 0 bridgehead atoms. The van der Waals surface area contributed by atoms with E-state index in [0.717, 1.165) is 18.8 Å². The Hall–Kier alpha value is -0.650. The van der Waals surface area contributed by atoms with E-state index in [9.17, 15) is 9.90 Å². The SMILES string of the molecule is COCC(O)CN(C)CC(=O)NC1CCC(C)CC1. The summed E-state index contributed by atoms with van der Waals surface area (Å²) >= 11 is 0. The zero-order valence-corrected chi connectivity index (χ0v) is 12.4. The van der Waals surface area contributed by atoms with Crippen molar-refractivity contribution in [3.8, 4) is 0 Å². The summed E-state index contributed by atoms with van der Waals surface area (Å²) in [6.07, 6.45) is 4.03. The maximum atomic E-state index is 11.9. The Morgan fingerprint density at radius 2 is 2.05 bits per heavy atom. The number of methoxy groups -OCH3 is 1. The molecule has 1 aliphatic carbocycles. The van der Waals surface area contributed by atoms with Gasteiger partial charge < -0.3 is 15.2 Å². The number of aliphatic hydroxyl groups is 1. The smallest absolute Gasteiger partial charge is 0.234 e. The number of hydrogen-bond donors (Lipinski definition) is 2. The summed E-state index contributed by atoms with van der Waals surface area (Å²) in [4.78, 5) is 13.7. The van der Waals surface area contributed by atoms with Gasteiger partial charge in [0, 0.05) is 19.7 Å². The van der Waals surface area contributed by atoms with E-state index in [1.54, 1.807) is 7.11 Å². The van der Waals surface area contributed by atoms with E-state index >= 15 is 0 Å². The van der Waals surface area contributed by atoms with Gasteiger partial charge in [0.2, 0.25) is 5.91 Å². The maximum absolute atomic E-state index is 11.9. The summed E-state index contributed by atoms with van der Waals surface area (Å²) in [7, 11) is 3.39. The number of ether oxygens (including phenoxy) is 1. The van der Waals surface area contributed by atoms with Gasteiger partial charge in [-0.05, 0) is 38.6 Å². The van der Waals surface area contributed by atoms with Crippen molar-refractivity contribution in [1.82, 2.24) is 10.2 Å². The third-order valence-electron chi connectivity index (χ3n) is 3.68. The molecule has 5 nitrogen and oxygen atoms in total. The number of aliphatic hydroxyl groups excluding tert-OH is 1. The van der Waals surface area contributed by atoms with Gasteiger partial charge in [0.1, 0.15) is 0 Å². The molecule has 1 atom stereocenters. The van der Waals surface area contributed by atoms with Crippen LogP contribution in [0.25, 0.3) is 0 Å². The monoisotopic (exact) mass is 272 g/mol. The van der Waals surface area contributed by atoms with E-state index in [1.807, 2.05) is 11.9 Å². The lowest BCUT2D eigenvalue weighted by Crippen LogP contribution is -2.44. The maximum Gasteiger partial charge on any atom is 0.234 e. The van der Waals surface area contributed by atoms with Crippen LogP contribution in [-0.4, -0.2) is 61.9 Å². The fourth-order valence-electron chi connectivity index (χ4n) is 2.59. The molecule has 5 heteroatoms. The molecule has 1 fully saturated rings. The topological polar surface area (TPSA) is 61.8 Å². The van der Waals surface area contributed by atoms with Gasteiger partial charge in [-0.25, -0.2) is 0 Å². The van der Waals surface area contributed by atoms with Crippen molar-refractivity contribution < 1.29 is 14.6 Å². The van der Waals surface area contributed by atoms with Gasteiger partial charge >= 0.3 is 0 Å². The summed E-state index contributed by atoms with van der Waals surface area (Å²) in [5.41, 5.74) is 0. The fraction of sp³-hybridized carbons (Fsp3) is 0.929. The molecule has 112 valence electrons. The number of nitrogens with one attached hydrogen (secondary N) is 1. The molecule has 0 heterocycles. The van der Waals surface area contributed by atoms with E-state index in [2.05, 4.69) is 12.2 Å². The highest BCUT2D eigenvalue weighted by Crippen LogP contribution is 2.23. The average molecular weight is 272 g/mol. The van der Waals surface area contributed by atoms with Gasteiger partial charge in [-0.15, -0.1) is 0 Å². The molecule has 1 unspecified atom stereocenters. The Bertz CT molecular complexity index is 265. The lowest BCUT2D eigenvalue weighted by molar-refractivity contribution is -0.123. The standard InChI is InChI=1S/C14H28N2O3/c1-11-4-6-12(7-5-11)15-14(18)9-16(2)8-13(17)10-19-3/h11-13,17H,4-10H2,1-3H3,(H,15,18). The predicted molar refractivity (Wildman–Crippen MR) is 74.9 cm³/mol. The molecule has 0 aliphatic heterocycles. The van der Waals surface area contributed by atoms with Gasteiger partial charge in [-0.2, -0.15) is 0 Å². The lowest BCUT2D eigenvalue weighted by Gasteiger charge is -2.28. The van der Waals surface area contributed by atoms with Gasteiger partial charge in [0.15, 0.2) is 0 Å². The Balaban J connectivity index is 2.19. The van der Waals surface area contributed by atoms with Crippen LogP contribution < -0.4 is 5.32 Å². The normalized spacial score (nSPS) is 25.3. The second kappa shape index (κ2) is 8.51. The molecule has 0 radical (unpaired) electrons. The summed E-state index contributed by atoms with van der Waals surface area (Å²) < 4.78 is 4.86. The van der Waals surface area contributed by atoms with Crippen LogP contribution in [-0.2, 0) is 9.53 Å². The van der Waals surface area contributed by atoms with Gasteiger partial charge in [0.05, 0.1) is 19.3 Å². The van der Waals surface area contributed by atoms with Crippen LogP contribution in [0.15, 0.2) is 0 Å². The molecule has 0 spiro atoms. The van der Waals surface area contributed by atoms with Crippen molar-refractivity contribution in [3.63, 3.8) is 0 Å². The summed E-state index contributed by atoms with van der Waals surface area (Å²) in [5.74, 6) is 0.840. The van der Waals surface area contributed by atoms with Crippen molar-refractivity contribution in [1.29, 1.82) is 0 Å². The van der Waals surface area contributed by atoms with E-state index in [-0.39, 0.29) is 5.91 Å². The molecule has 0 aromatic rings. The Morgan fingerprint density at radius 1 is 1.42 bits per heavy atom. The summed E-state index contributed by atoms with van der Waals surface area (Å²) in [5, 5.41) is 12.7. The molecule has 2 N–H and O–H groups in total. The number of rotatable bonds is 7. The van der Waals surface area contributed by atoms with E-state index < -0.39 is 6.10 Å².